The number of methoxy groups -OCH3 is 1. The summed E-state index contributed by atoms with van der Waals surface area (Å²) in [6.07, 6.45) is 1.61. The van der Waals surface area contributed by atoms with Crippen molar-refractivity contribution in [3.63, 3.8) is 0 Å². The lowest BCUT2D eigenvalue weighted by Gasteiger charge is -2.22. The largest absolute Gasteiger partial charge is 0.468 e. The summed E-state index contributed by atoms with van der Waals surface area (Å²) >= 11 is 0. The van der Waals surface area contributed by atoms with Gasteiger partial charge in [0, 0.05) is 5.69 Å². The van der Waals surface area contributed by atoms with Crippen LogP contribution >= 0.6 is 0 Å². The summed E-state index contributed by atoms with van der Waals surface area (Å²) in [5, 5.41) is 0. The molecule has 2 heterocycles. The van der Waals surface area contributed by atoms with E-state index in [2.05, 4.69) is 4.98 Å². The van der Waals surface area contributed by atoms with Gasteiger partial charge in [0.1, 0.15) is 5.76 Å². The number of aryl methyl sites for hydroxylation is 1. The molecule has 0 bridgehead atoms. The van der Waals surface area contributed by atoms with Crippen LogP contribution in [-0.4, -0.2) is 41.8 Å². The fourth-order valence-electron chi connectivity index (χ4n) is 2.60. The Kier molecular flexibility index (Phi) is 5.05. The lowest BCUT2D eigenvalue weighted by atomic mass is 10.0. The lowest BCUT2D eigenvalue weighted by Crippen LogP contribution is -2.36. The number of likely N-dealkylation sites (N-methyl/N-ethyl adjacent to an activating group) is 1. The topological polar surface area (TPSA) is 75.5 Å². The first-order valence-corrected chi connectivity index (χ1v) is 7.41. The molecule has 2 aromatic heterocycles. The van der Waals surface area contributed by atoms with Gasteiger partial charge in [-0.25, -0.2) is 4.79 Å². The molecule has 0 radical (unpaired) electrons. The van der Waals surface area contributed by atoms with Crippen molar-refractivity contribution in [3.05, 3.63) is 46.7 Å². The minimum atomic E-state index is -0.438. The first-order valence-electron chi connectivity index (χ1n) is 7.41. The SMILES string of the molecule is COC(=O)c1c(C)[nH]c(C(=O)[C@@H](C)N(C)Cc2ccco2)c1C. The average Bonchev–Trinajstić information content (AvgIpc) is 3.13. The number of Topliss-reactive ketones (excluding diaryl/α,β-unsaturated/α-hetero) is 1. The van der Waals surface area contributed by atoms with Crippen LogP contribution in [0.4, 0.5) is 0 Å². The zero-order valence-corrected chi connectivity index (χ0v) is 14.1. The fraction of sp³-hybridized carbons (Fsp3) is 0.412. The minimum absolute atomic E-state index is 0.0743. The van der Waals surface area contributed by atoms with E-state index >= 15 is 0 Å². The highest BCUT2D eigenvalue weighted by atomic mass is 16.5. The predicted octanol–water partition coefficient (Wildman–Crippen LogP) is 2.71. The van der Waals surface area contributed by atoms with Gasteiger partial charge in [-0.1, -0.05) is 0 Å². The number of aromatic nitrogens is 1. The molecule has 1 N–H and O–H groups in total. The molecular weight excluding hydrogens is 296 g/mol. The molecule has 23 heavy (non-hydrogen) atoms. The third kappa shape index (κ3) is 3.37. The summed E-state index contributed by atoms with van der Waals surface area (Å²) in [5.41, 5.74) is 2.13. The fourth-order valence-corrected chi connectivity index (χ4v) is 2.60. The van der Waals surface area contributed by atoms with Gasteiger partial charge in [-0.15, -0.1) is 0 Å². The number of nitrogens with one attached hydrogen (secondary N) is 1. The number of hydrogen-bond donors (Lipinski definition) is 1. The molecular formula is C17H22N2O4. The molecule has 0 unspecified atom stereocenters. The van der Waals surface area contributed by atoms with Crippen molar-refractivity contribution in [1.29, 1.82) is 0 Å². The molecule has 0 fully saturated rings. The van der Waals surface area contributed by atoms with E-state index in [1.807, 2.05) is 31.0 Å². The van der Waals surface area contributed by atoms with Crippen molar-refractivity contribution in [2.75, 3.05) is 14.2 Å². The summed E-state index contributed by atoms with van der Waals surface area (Å²) in [5.74, 6) is 0.281. The molecule has 1 atom stereocenters. The maximum absolute atomic E-state index is 12.8. The summed E-state index contributed by atoms with van der Waals surface area (Å²) < 4.78 is 10.1. The van der Waals surface area contributed by atoms with Crippen molar-refractivity contribution in [1.82, 2.24) is 9.88 Å². The number of carbonyl (C=O) groups is 2. The third-order valence-corrected chi connectivity index (χ3v) is 4.10. The Bertz CT molecular complexity index is 701. The monoisotopic (exact) mass is 318 g/mol. The quantitative estimate of drug-likeness (QED) is 0.654. The number of H-pyrrole nitrogens is 1. The van der Waals surface area contributed by atoms with Crippen molar-refractivity contribution in [2.45, 2.75) is 33.4 Å². The number of esters is 1. The van der Waals surface area contributed by atoms with E-state index in [1.165, 1.54) is 7.11 Å². The Morgan fingerprint density at radius 2 is 2.09 bits per heavy atom. The van der Waals surface area contributed by atoms with Crippen LogP contribution < -0.4 is 0 Å². The van der Waals surface area contributed by atoms with Gasteiger partial charge in [0.25, 0.3) is 0 Å². The number of nitrogens with zero attached hydrogens (tertiary/aromatic N) is 1. The molecule has 2 aromatic rings. The Hall–Kier alpha value is -2.34. The van der Waals surface area contributed by atoms with Crippen molar-refractivity contribution >= 4 is 11.8 Å². The van der Waals surface area contributed by atoms with Crippen molar-refractivity contribution in [3.8, 4) is 0 Å². The first kappa shape index (κ1) is 17.0. The highest BCUT2D eigenvalue weighted by molar-refractivity contribution is 6.03. The van der Waals surface area contributed by atoms with Crippen LogP contribution in [0.25, 0.3) is 0 Å². The van der Waals surface area contributed by atoms with Crippen LogP contribution in [0.3, 0.4) is 0 Å². The standard InChI is InChI=1S/C17H22N2O4/c1-10-14(17(21)22-5)11(2)18-15(10)16(20)12(3)19(4)9-13-7-6-8-23-13/h6-8,12,18H,9H2,1-5H3/t12-/m1/s1. The van der Waals surface area contributed by atoms with E-state index in [0.717, 1.165) is 5.76 Å². The second-order valence-corrected chi connectivity index (χ2v) is 5.65. The van der Waals surface area contributed by atoms with Gasteiger partial charge in [0.15, 0.2) is 5.78 Å². The second kappa shape index (κ2) is 6.83. The molecule has 0 saturated heterocycles. The molecule has 0 aliphatic carbocycles. The van der Waals surface area contributed by atoms with Gasteiger partial charge in [-0.3, -0.25) is 9.69 Å². The third-order valence-electron chi connectivity index (χ3n) is 4.10. The van der Waals surface area contributed by atoms with Crippen LogP contribution in [0.5, 0.6) is 0 Å². The van der Waals surface area contributed by atoms with Crippen molar-refractivity contribution in [2.24, 2.45) is 0 Å². The Labute approximate surface area is 135 Å². The summed E-state index contributed by atoms with van der Waals surface area (Å²) in [6.45, 7) is 5.87. The number of rotatable bonds is 6. The van der Waals surface area contributed by atoms with Crippen LogP contribution in [0.1, 0.15) is 44.8 Å². The van der Waals surface area contributed by atoms with Gasteiger partial charge in [0.2, 0.25) is 0 Å². The zero-order valence-electron chi connectivity index (χ0n) is 14.1. The molecule has 0 amide bonds. The van der Waals surface area contributed by atoms with Crippen LogP contribution in [-0.2, 0) is 11.3 Å². The highest BCUT2D eigenvalue weighted by Crippen LogP contribution is 2.21. The smallest absolute Gasteiger partial charge is 0.339 e. The van der Waals surface area contributed by atoms with E-state index in [1.54, 1.807) is 20.1 Å². The van der Waals surface area contributed by atoms with Crippen LogP contribution in [0.2, 0.25) is 0 Å². The van der Waals surface area contributed by atoms with E-state index < -0.39 is 5.97 Å². The Balaban J connectivity index is 2.21. The predicted molar refractivity (Wildman–Crippen MR) is 85.6 cm³/mol. The number of ether oxygens (including phenoxy) is 1. The molecule has 0 spiro atoms. The number of aromatic amines is 1. The molecule has 0 aromatic carbocycles. The Morgan fingerprint density at radius 3 is 2.65 bits per heavy atom. The second-order valence-electron chi connectivity index (χ2n) is 5.65. The molecule has 0 aliphatic heterocycles. The van der Waals surface area contributed by atoms with Gasteiger partial charge in [0.05, 0.1) is 37.2 Å². The van der Waals surface area contributed by atoms with Gasteiger partial charge < -0.3 is 14.1 Å². The maximum atomic E-state index is 12.8. The number of carbonyl (C=O) groups excluding carboxylic acids is 2. The maximum Gasteiger partial charge on any atom is 0.339 e. The van der Waals surface area contributed by atoms with Gasteiger partial charge >= 0.3 is 5.97 Å². The number of hydrogen-bond acceptors (Lipinski definition) is 5. The highest BCUT2D eigenvalue weighted by Gasteiger charge is 2.27. The minimum Gasteiger partial charge on any atom is -0.468 e. The molecule has 6 nitrogen and oxygen atoms in total. The zero-order chi connectivity index (χ0) is 17.1. The van der Waals surface area contributed by atoms with E-state index in [-0.39, 0.29) is 11.8 Å². The molecule has 0 aliphatic rings. The van der Waals surface area contributed by atoms with Crippen molar-refractivity contribution < 1.29 is 18.7 Å². The summed E-state index contributed by atoms with van der Waals surface area (Å²) in [6, 6.07) is 3.33. The summed E-state index contributed by atoms with van der Waals surface area (Å²) in [7, 11) is 3.19. The number of furan rings is 1. The lowest BCUT2D eigenvalue weighted by molar-refractivity contribution is 0.0599. The molecule has 124 valence electrons. The molecule has 2 rings (SSSR count). The van der Waals surface area contributed by atoms with E-state index in [0.29, 0.717) is 29.1 Å². The normalized spacial score (nSPS) is 12.4. The van der Waals surface area contributed by atoms with Crippen LogP contribution in [0.15, 0.2) is 22.8 Å². The van der Waals surface area contributed by atoms with E-state index in [9.17, 15) is 9.59 Å². The Morgan fingerprint density at radius 1 is 1.39 bits per heavy atom. The van der Waals surface area contributed by atoms with Gasteiger partial charge in [-0.05, 0) is 45.5 Å². The molecule has 6 heteroatoms. The first-order chi connectivity index (χ1) is 10.9. The van der Waals surface area contributed by atoms with Crippen LogP contribution in [0, 0.1) is 13.8 Å². The number of ketones is 1. The van der Waals surface area contributed by atoms with E-state index in [4.69, 9.17) is 9.15 Å². The average molecular weight is 318 g/mol. The summed E-state index contributed by atoms with van der Waals surface area (Å²) in [4.78, 5) is 29.5. The molecule has 0 saturated carbocycles. The van der Waals surface area contributed by atoms with Gasteiger partial charge in [-0.2, -0.15) is 0 Å².